The fraction of sp³-hybridized carbons (Fsp3) is 0.632. The Morgan fingerprint density at radius 2 is 1.59 bits per heavy atom. The molecular formula is C19H30N4O3S. The molecule has 7 nitrogen and oxygen atoms in total. The summed E-state index contributed by atoms with van der Waals surface area (Å²) in [5, 5.41) is 5.14. The lowest BCUT2D eigenvalue weighted by molar-refractivity contribution is -0.134. The Labute approximate surface area is 161 Å². The van der Waals surface area contributed by atoms with E-state index in [1.807, 2.05) is 4.90 Å². The average molecular weight is 395 g/mol. The predicted molar refractivity (Wildman–Crippen MR) is 106 cm³/mol. The zero-order valence-electron chi connectivity index (χ0n) is 15.8. The van der Waals surface area contributed by atoms with Crippen molar-refractivity contribution in [2.45, 2.75) is 43.4 Å². The van der Waals surface area contributed by atoms with E-state index in [-0.39, 0.29) is 16.2 Å². The summed E-state index contributed by atoms with van der Waals surface area (Å²) in [6.07, 6.45) is 6.28. The van der Waals surface area contributed by atoms with Crippen LogP contribution in [-0.4, -0.2) is 51.9 Å². The van der Waals surface area contributed by atoms with Crippen LogP contribution in [0.5, 0.6) is 0 Å². The average Bonchev–Trinajstić information content (AvgIpc) is 2.68. The van der Waals surface area contributed by atoms with Gasteiger partial charge in [-0.1, -0.05) is 19.3 Å². The summed E-state index contributed by atoms with van der Waals surface area (Å²) in [6.45, 7) is 3.41. The zero-order valence-corrected chi connectivity index (χ0v) is 16.6. The highest BCUT2D eigenvalue weighted by atomic mass is 32.2. The number of nitrogens with zero attached hydrogens (tertiary/aromatic N) is 2. The number of carbonyl (C=O) groups is 1. The third-order valence-electron chi connectivity index (χ3n) is 6.04. The van der Waals surface area contributed by atoms with Crippen molar-refractivity contribution in [1.29, 1.82) is 0 Å². The van der Waals surface area contributed by atoms with E-state index in [1.54, 1.807) is 12.1 Å². The third kappa shape index (κ3) is 4.80. The number of piperazine rings is 1. The minimum Gasteiger partial charge on any atom is -0.368 e. The number of amides is 1. The Morgan fingerprint density at radius 1 is 1.00 bits per heavy atom. The zero-order chi connectivity index (χ0) is 19.5. The quantitative estimate of drug-likeness (QED) is 0.782. The molecule has 1 saturated heterocycles. The van der Waals surface area contributed by atoms with Crippen molar-refractivity contribution in [3.8, 4) is 0 Å². The minimum atomic E-state index is -3.67. The molecule has 1 aromatic carbocycles. The summed E-state index contributed by atoms with van der Waals surface area (Å²) in [4.78, 5) is 17.0. The van der Waals surface area contributed by atoms with Gasteiger partial charge in [-0.2, -0.15) is 0 Å². The summed E-state index contributed by atoms with van der Waals surface area (Å²) in [7, 11) is -3.67. The fourth-order valence-corrected chi connectivity index (χ4v) is 4.76. The summed E-state index contributed by atoms with van der Waals surface area (Å²) < 4.78 is 22.7. The number of carbonyl (C=O) groups excluding carboxylic acids is 1. The summed E-state index contributed by atoms with van der Waals surface area (Å²) >= 11 is 0. The fourth-order valence-electron chi connectivity index (χ4n) is 4.25. The summed E-state index contributed by atoms with van der Waals surface area (Å²) in [5.74, 6) is 0.214. The first-order chi connectivity index (χ1) is 12.8. The first-order valence-corrected chi connectivity index (χ1v) is 11.2. The van der Waals surface area contributed by atoms with Crippen LogP contribution in [0.3, 0.4) is 0 Å². The van der Waals surface area contributed by atoms with Gasteiger partial charge < -0.3 is 15.5 Å². The molecule has 2 fully saturated rings. The van der Waals surface area contributed by atoms with Crippen molar-refractivity contribution in [1.82, 2.24) is 4.90 Å². The lowest BCUT2D eigenvalue weighted by Crippen LogP contribution is -2.50. The van der Waals surface area contributed by atoms with E-state index in [1.165, 1.54) is 31.4 Å². The van der Waals surface area contributed by atoms with E-state index < -0.39 is 10.0 Å². The minimum absolute atomic E-state index is 0.00395. The van der Waals surface area contributed by atoms with E-state index in [0.717, 1.165) is 31.6 Å². The number of rotatable bonds is 5. The maximum Gasteiger partial charge on any atom is 0.238 e. The Bertz CT molecular complexity index is 750. The van der Waals surface area contributed by atoms with Gasteiger partial charge in [-0.15, -0.1) is 0 Å². The lowest BCUT2D eigenvalue weighted by atomic mass is 9.71. The molecule has 1 aliphatic carbocycles. The smallest absolute Gasteiger partial charge is 0.238 e. The van der Waals surface area contributed by atoms with Gasteiger partial charge in [0.05, 0.1) is 4.90 Å². The molecule has 0 atom stereocenters. The van der Waals surface area contributed by atoms with Gasteiger partial charge in [-0.25, -0.2) is 13.6 Å². The van der Waals surface area contributed by atoms with Crippen molar-refractivity contribution in [2.75, 3.05) is 37.6 Å². The summed E-state index contributed by atoms with van der Waals surface area (Å²) in [5.41, 5.74) is 6.97. The molecule has 1 heterocycles. The standard InChI is InChI=1S/C19H30N4O3S/c20-15-19(8-2-1-3-9-19)14-18(24)23-12-10-22(11-13-23)16-4-6-17(7-5-16)27(21,25)26/h4-7H,1-3,8-15,20H2,(H2,21,25,26). The van der Waals surface area contributed by atoms with Crippen LogP contribution in [0.25, 0.3) is 0 Å². The Hall–Kier alpha value is -1.64. The molecule has 1 amide bonds. The number of anilines is 1. The van der Waals surface area contributed by atoms with E-state index in [9.17, 15) is 13.2 Å². The van der Waals surface area contributed by atoms with Gasteiger partial charge in [0, 0.05) is 38.3 Å². The third-order valence-corrected chi connectivity index (χ3v) is 6.97. The second-order valence-electron chi connectivity index (χ2n) is 7.85. The van der Waals surface area contributed by atoms with Gasteiger partial charge in [0.15, 0.2) is 0 Å². The van der Waals surface area contributed by atoms with Gasteiger partial charge in [0.25, 0.3) is 0 Å². The van der Waals surface area contributed by atoms with E-state index in [4.69, 9.17) is 10.9 Å². The van der Waals surface area contributed by atoms with Crippen molar-refractivity contribution in [2.24, 2.45) is 16.3 Å². The second-order valence-corrected chi connectivity index (χ2v) is 9.41. The largest absolute Gasteiger partial charge is 0.368 e. The Kier molecular flexibility index (Phi) is 6.08. The van der Waals surface area contributed by atoms with Gasteiger partial charge in [-0.05, 0) is 49.1 Å². The van der Waals surface area contributed by atoms with Gasteiger partial charge in [0.2, 0.25) is 15.9 Å². The van der Waals surface area contributed by atoms with Crippen LogP contribution in [0.2, 0.25) is 0 Å². The first-order valence-electron chi connectivity index (χ1n) is 9.69. The monoisotopic (exact) mass is 394 g/mol. The highest BCUT2D eigenvalue weighted by molar-refractivity contribution is 7.89. The Balaban J connectivity index is 1.56. The predicted octanol–water partition coefficient (Wildman–Crippen LogP) is 1.28. The van der Waals surface area contributed by atoms with Crippen LogP contribution in [0, 0.1) is 5.41 Å². The molecule has 0 radical (unpaired) electrons. The SMILES string of the molecule is NCC1(CC(=O)N2CCN(c3ccc(S(N)(=O)=O)cc3)CC2)CCCCC1. The molecule has 1 aliphatic heterocycles. The number of nitrogens with two attached hydrogens (primary N) is 2. The molecule has 4 N–H and O–H groups in total. The van der Waals surface area contributed by atoms with Crippen molar-refractivity contribution >= 4 is 21.6 Å². The molecule has 0 spiro atoms. The Morgan fingerprint density at radius 3 is 2.11 bits per heavy atom. The van der Waals surface area contributed by atoms with Crippen LogP contribution in [-0.2, 0) is 14.8 Å². The van der Waals surface area contributed by atoms with Gasteiger partial charge in [0.1, 0.15) is 0 Å². The molecule has 0 aromatic heterocycles. The van der Waals surface area contributed by atoms with Crippen LogP contribution in [0.15, 0.2) is 29.2 Å². The normalized spacial score (nSPS) is 20.5. The number of hydrogen-bond acceptors (Lipinski definition) is 5. The highest BCUT2D eigenvalue weighted by Gasteiger charge is 2.35. The second kappa shape index (κ2) is 8.16. The van der Waals surface area contributed by atoms with Crippen molar-refractivity contribution < 1.29 is 13.2 Å². The lowest BCUT2D eigenvalue weighted by Gasteiger charge is -2.40. The first kappa shape index (κ1) is 20.1. The van der Waals surface area contributed by atoms with E-state index in [0.29, 0.717) is 26.1 Å². The van der Waals surface area contributed by atoms with Crippen LogP contribution in [0.4, 0.5) is 5.69 Å². The maximum atomic E-state index is 12.8. The molecule has 2 aliphatic rings. The summed E-state index contributed by atoms with van der Waals surface area (Å²) in [6, 6.07) is 6.58. The molecule has 1 saturated carbocycles. The van der Waals surface area contributed by atoms with Crippen LogP contribution < -0.4 is 15.8 Å². The molecule has 27 heavy (non-hydrogen) atoms. The molecule has 0 unspecified atom stereocenters. The molecule has 0 bridgehead atoms. The number of primary sulfonamides is 1. The van der Waals surface area contributed by atoms with Crippen molar-refractivity contribution in [3.63, 3.8) is 0 Å². The molecule has 150 valence electrons. The van der Waals surface area contributed by atoms with Crippen LogP contribution in [0.1, 0.15) is 38.5 Å². The maximum absolute atomic E-state index is 12.8. The molecule has 1 aromatic rings. The van der Waals surface area contributed by atoms with Crippen molar-refractivity contribution in [3.05, 3.63) is 24.3 Å². The number of sulfonamides is 1. The van der Waals surface area contributed by atoms with Gasteiger partial charge >= 0.3 is 0 Å². The van der Waals surface area contributed by atoms with Crippen LogP contribution >= 0.6 is 0 Å². The highest BCUT2D eigenvalue weighted by Crippen LogP contribution is 2.38. The number of hydrogen-bond donors (Lipinski definition) is 2. The number of benzene rings is 1. The molecular weight excluding hydrogens is 364 g/mol. The molecule has 8 heteroatoms. The van der Waals surface area contributed by atoms with E-state index in [2.05, 4.69) is 4.90 Å². The van der Waals surface area contributed by atoms with Gasteiger partial charge in [-0.3, -0.25) is 4.79 Å². The van der Waals surface area contributed by atoms with E-state index >= 15 is 0 Å². The topological polar surface area (TPSA) is 110 Å². The molecule has 3 rings (SSSR count).